The Morgan fingerprint density at radius 2 is 1.60 bits per heavy atom. The van der Waals surface area contributed by atoms with E-state index in [1.54, 1.807) is 24.3 Å². The predicted molar refractivity (Wildman–Crippen MR) is 76.9 cm³/mol. The molecule has 0 radical (unpaired) electrons. The third kappa shape index (κ3) is 4.30. The molecule has 1 saturated carbocycles. The number of hydrogen-bond donors (Lipinski definition) is 1. The van der Waals surface area contributed by atoms with Gasteiger partial charge in [0.05, 0.1) is 17.1 Å². The lowest BCUT2D eigenvalue weighted by Crippen LogP contribution is -2.22. The molecule has 112 valence electrons. The van der Waals surface area contributed by atoms with E-state index >= 15 is 0 Å². The van der Waals surface area contributed by atoms with Gasteiger partial charge in [-0.25, -0.2) is 0 Å². The summed E-state index contributed by atoms with van der Waals surface area (Å²) in [5.41, 5.74) is 1.02. The van der Waals surface area contributed by atoms with Gasteiger partial charge in [0.15, 0.2) is 0 Å². The van der Waals surface area contributed by atoms with Crippen LogP contribution in [0.5, 0.6) is 0 Å². The Labute approximate surface area is 120 Å². The van der Waals surface area contributed by atoms with Crippen LogP contribution in [-0.2, 0) is 14.3 Å². The van der Waals surface area contributed by atoms with Crippen molar-refractivity contribution in [3.8, 4) is 0 Å². The summed E-state index contributed by atoms with van der Waals surface area (Å²) in [6, 6.07) is 6.70. The zero-order chi connectivity index (χ0) is 14.6. The van der Waals surface area contributed by atoms with Crippen molar-refractivity contribution in [3.63, 3.8) is 0 Å². The topological polar surface area (TPSA) is 63.6 Å². The van der Waals surface area contributed by atoms with Gasteiger partial charge in [0.25, 0.3) is 10.1 Å². The number of hydrogen-bond acceptors (Lipinski definition) is 4. The van der Waals surface area contributed by atoms with Crippen LogP contribution in [-0.4, -0.2) is 25.7 Å². The van der Waals surface area contributed by atoms with E-state index < -0.39 is 10.1 Å². The maximum absolute atomic E-state index is 12.2. The Morgan fingerprint density at radius 1 is 1.05 bits per heavy atom. The fourth-order valence-electron chi connectivity index (χ4n) is 2.49. The summed E-state index contributed by atoms with van der Waals surface area (Å²) >= 11 is 0. The molecule has 0 spiro atoms. The lowest BCUT2D eigenvalue weighted by atomic mass is 9.97. The molecule has 1 aromatic rings. The predicted octanol–water partition coefficient (Wildman–Crippen LogP) is 2.78. The molecule has 0 amide bonds. The molecule has 20 heavy (non-hydrogen) atoms. The second-order valence-corrected chi connectivity index (χ2v) is 7.07. The summed E-state index contributed by atoms with van der Waals surface area (Å²) in [6.45, 7) is 1.91. The molecule has 2 rings (SSSR count). The van der Waals surface area contributed by atoms with Crippen LogP contribution in [0.15, 0.2) is 29.2 Å². The number of aryl methyl sites for hydroxylation is 1. The van der Waals surface area contributed by atoms with Crippen molar-refractivity contribution < 1.29 is 17.7 Å². The number of aliphatic hydroxyl groups excluding tert-OH is 1. The van der Waals surface area contributed by atoms with E-state index in [-0.39, 0.29) is 17.1 Å². The minimum atomic E-state index is -3.68. The van der Waals surface area contributed by atoms with Crippen molar-refractivity contribution in [1.29, 1.82) is 0 Å². The summed E-state index contributed by atoms with van der Waals surface area (Å²) < 4.78 is 29.8. The molecule has 5 heteroatoms. The van der Waals surface area contributed by atoms with Crippen LogP contribution in [0.4, 0.5) is 0 Å². The highest BCUT2D eigenvalue weighted by atomic mass is 32.2. The van der Waals surface area contributed by atoms with E-state index in [2.05, 4.69) is 0 Å². The Hall–Kier alpha value is -0.910. The largest absolute Gasteiger partial charge is 0.393 e. The Kier molecular flexibility index (Phi) is 5.18. The number of aliphatic hydroxyl groups is 1. The first-order valence-corrected chi connectivity index (χ1v) is 8.56. The summed E-state index contributed by atoms with van der Waals surface area (Å²) in [5, 5.41) is 9.58. The van der Waals surface area contributed by atoms with Gasteiger partial charge in [-0.05, 0) is 57.6 Å². The van der Waals surface area contributed by atoms with Gasteiger partial charge in [-0.2, -0.15) is 8.42 Å². The van der Waals surface area contributed by atoms with Crippen molar-refractivity contribution >= 4 is 10.1 Å². The van der Waals surface area contributed by atoms with E-state index in [4.69, 9.17) is 4.18 Å². The maximum atomic E-state index is 12.2. The van der Waals surface area contributed by atoms with Crippen LogP contribution < -0.4 is 0 Å². The Morgan fingerprint density at radius 3 is 2.15 bits per heavy atom. The third-order valence-electron chi connectivity index (χ3n) is 3.70. The SMILES string of the molecule is Cc1ccc(S(=O)(=O)O[C@H]2CCC[C@@H](O)CCC2)cc1. The summed E-state index contributed by atoms with van der Waals surface area (Å²) in [5.74, 6) is 0. The molecular weight excluding hydrogens is 276 g/mol. The number of benzene rings is 1. The second-order valence-electron chi connectivity index (χ2n) is 5.50. The molecule has 0 heterocycles. The first-order chi connectivity index (χ1) is 9.47. The van der Waals surface area contributed by atoms with Gasteiger partial charge in [0, 0.05) is 0 Å². The highest BCUT2D eigenvalue weighted by Gasteiger charge is 2.23. The first-order valence-electron chi connectivity index (χ1n) is 7.15. The molecule has 1 fully saturated rings. The fourth-order valence-corrected chi connectivity index (χ4v) is 3.62. The second kappa shape index (κ2) is 6.70. The van der Waals surface area contributed by atoms with Crippen molar-refractivity contribution in [2.24, 2.45) is 0 Å². The molecule has 0 aromatic heterocycles. The van der Waals surface area contributed by atoms with Gasteiger partial charge in [0.1, 0.15) is 0 Å². The van der Waals surface area contributed by atoms with E-state index in [9.17, 15) is 13.5 Å². The lowest BCUT2D eigenvalue weighted by Gasteiger charge is -2.22. The van der Waals surface area contributed by atoms with Crippen LogP contribution >= 0.6 is 0 Å². The zero-order valence-corrected chi connectivity index (χ0v) is 12.6. The molecule has 1 aliphatic carbocycles. The third-order valence-corrected chi connectivity index (χ3v) is 5.07. The van der Waals surface area contributed by atoms with E-state index in [1.807, 2.05) is 6.92 Å². The van der Waals surface area contributed by atoms with E-state index in [1.165, 1.54) is 0 Å². The van der Waals surface area contributed by atoms with E-state index in [0.29, 0.717) is 12.8 Å². The molecule has 0 bridgehead atoms. The molecule has 1 N–H and O–H groups in total. The van der Waals surface area contributed by atoms with Crippen molar-refractivity contribution in [1.82, 2.24) is 0 Å². The maximum Gasteiger partial charge on any atom is 0.297 e. The van der Waals surface area contributed by atoms with Crippen LogP contribution in [0.1, 0.15) is 44.1 Å². The minimum absolute atomic E-state index is 0.213. The van der Waals surface area contributed by atoms with Gasteiger partial charge in [0.2, 0.25) is 0 Å². The Bertz CT molecular complexity index is 511. The highest BCUT2D eigenvalue weighted by Crippen LogP contribution is 2.24. The molecule has 1 aromatic carbocycles. The molecule has 0 atom stereocenters. The minimum Gasteiger partial charge on any atom is -0.393 e. The normalized spacial score (nSPS) is 24.9. The molecule has 1 aliphatic rings. The van der Waals surface area contributed by atoms with E-state index in [0.717, 1.165) is 31.2 Å². The van der Waals surface area contributed by atoms with Gasteiger partial charge < -0.3 is 5.11 Å². The Balaban J connectivity index is 2.02. The molecule has 0 saturated heterocycles. The van der Waals surface area contributed by atoms with Crippen LogP contribution in [0, 0.1) is 6.92 Å². The molecule has 0 aliphatic heterocycles. The van der Waals surface area contributed by atoms with Gasteiger partial charge >= 0.3 is 0 Å². The first kappa shape index (κ1) is 15.5. The monoisotopic (exact) mass is 298 g/mol. The van der Waals surface area contributed by atoms with Crippen LogP contribution in [0.3, 0.4) is 0 Å². The standard InChI is InChI=1S/C15H22O4S/c1-12-8-10-15(11-9-12)20(17,18)19-14-6-2-4-13(16)5-3-7-14/h8-11,13-14,16H,2-7H2,1H3/t13-,14+. The summed E-state index contributed by atoms with van der Waals surface area (Å²) in [4.78, 5) is 0.213. The lowest BCUT2D eigenvalue weighted by molar-refractivity contribution is 0.109. The number of rotatable bonds is 3. The summed E-state index contributed by atoms with van der Waals surface area (Å²) in [7, 11) is -3.68. The zero-order valence-electron chi connectivity index (χ0n) is 11.8. The molecule has 0 unspecified atom stereocenters. The molecule has 4 nitrogen and oxygen atoms in total. The smallest absolute Gasteiger partial charge is 0.297 e. The van der Waals surface area contributed by atoms with Crippen molar-refractivity contribution in [2.75, 3.05) is 0 Å². The highest BCUT2D eigenvalue weighted by molar-refractivity contribution is 7.86. The average molecular weight is 298 g/mol. The van der Waals surface area contributed by atoms with Crippen molar-refractivity contribution in [3.05, 3.63) is 29.8 Å². The van der Waals surface area contributed by atoms with Crippen molar-refractivity contribution in [2.45, 2.75) is 62.6 Å². The quantitative estimate of drug-likeness (QED) is 0.872. The molecular formula is C15H22O4S. The van der Waals surface area contributed by atoms with Gasteiger partial charge in [-0.15, -0.1) is 0 Å². The average Bonchev–Trinajstić information content (AvgIpc) is 2.36. The summed E-state index contributed by atoms with van der Waals surface area (Å²) in [6.07, 6.45) is 3.91. The van der Waals surface area contributed by atoms with Crippen LogP contribution in [0.2, 0.25) is 0 Å². The van der Waals surface area contributed by atoms with Gasteiger partial charge in [-0.1, -0.05) is 17.7 Å². The van der Waals surface area contributed by atoms with Crippen LogP contribution in [0.25, 0.3) is 0 Å². The van der Waals surface area contributed by atoms with Gasteiger partial charge in [-0.3, -0.25) is 4.18 Å². The fraction of sp³-hybridized carbons (Fsp3) is 0.600.